The molecule has 274 valence electrons. The van der Waals surface area contributed by atoms with Gasteiger partial charge in [0.05, 0.1) is 0 Å². The number of hydrogen-bond donors (Lipinski definition) is 3. The van der Waals surface area contributed by atoms with Crippen LogP contribution in [0, 0.1) is 0 Å². The van der Waals surface area contributed by atoms with Crippen LogP contribution >= 0.6 is 0 Å². The molecular formula is C40H74N2O5. The van der Waals surface area contributed by atoms with Crippen LogP contribution in [0.1, 0.15) is 194 Å². The first-order valence-corrected chi connectivity index (χ1v) is 19.7. The number of carboxylic acid groups (broad SMARTS) is 1. The summed E-state index contributed by atoms with van der Waals surface area (Å²) in [5.41, 5.74) is 5.47. The van der Waals surface area contributed by atoms with Gasteiger partial charge in [-0.15, -0.1) is 0 Å². The summed E-state index contributed by atoms with van der Waals surface area (Å²) in [5.74, 6) is -1.28. The molecule has 4 N–H and O–H groups in total. The number of amides is 1. The van der Waals surface area contributed by atoms with Gasteiger partial charge in [0, 0.05) is 12.8 Å². The Bertz CT molecular complexity index is 797. The number of aliphatic carboxylic acids is 1. The van der Waals surface area contributed by atoms with E-state index in [4.69, 9.17) is 10.5 Å². The van der Waals surface area contributed by atoms with Crippen molar-refractivity contribution < 1.29 is 24.2 Å². The van der Waals surface area contributed by atoms with Crippen molar-refractivity contribution in [2.24, 2.45) is 5.73 Å². The molecule has 0 spiro atoms. The summed E-state index contributed by atoms with van der Waals surface area (Å²) in [6.45, 7) is 4.87. The summed E-state index contributed by atoms with van der Waals surface area (Å²) in [5, 5.41) is 11.9. The Morgan fingerprint density at radius 3 is 1.68 bits per heavy atom. The van der Waals surface area contributed by atoms with Gasteiger partial charge in [-0.3, -0.25) is 9.59 Å². The molecule has 0 aliphatic heterocycles. The average Bonchev–Trinajstić information content (AvgIpc) is 3.05. The second-order valence-corrected chi connectivity index (χ2v) is 13.3. The Hall–Kier alpha value is -2.15. The number of rotatable bonds is 35. The predicted molar refractivity (Wildman–Crippen MR) is 197 cm³/mol. The maximum atomic E-state index is 12.6. The average molecular weight is 663 g/mol. The number of unbranched alkanes of at least 4 members (excludes halogenated alkanes) is 17. The Balaban J connectivity index is 4.09. The highest BCUT2D eigenvalue weighted by Crippen LogP contribution is 2.18. The van der Waals surface area contributed by atoms with E-state index in [1.165, 1.54) is 89.9 Å². The monoisotopic (exact) mass is 663 g/mol. The largest absolute Gasteiger partial charge is 0.480 e. The van der Waals surface area contributed by atoms with Crippen LogP contribution in [0.4, 0.5) is 0 Å². The number of hydrogen-bond acceptors (Lipinski definition) is 5. The molecule has 0 aromatic carbocycles. The zero-order chi connectivity index (χ0) is 34.6. The van der Waals surface area contributed by atoms with Crippen molar-refractivity contribution in [1.29, 1.82) is 0 Å². The molecule has 0 rings (SSSR count). The second kappa shape index (κ2) is 35.2. The second-order valence-electron chi connectivity index (χ2n) is 13.3. The molecule has 0 fully saturated rings. The quantitative estimate of drug-likeness (QED) is 0.0353. The third kappa shape index (κ3) is 32.2. The zero-order valence-electron chi connectivity index (χ0n) is 30.6. The summed E-state index contributed by atoms with van der Waals surface area (Å²) >= 11 is 0. The van der Waals surface area contributed by atoms with Crippen LogP contribution < -0.4 is 11.1 Å². The lowest BCUT2D eigenvalue weighted by molar-refractivity contribution is -0.150. The van der Waals surface area contributed by atoms with E-state index in [1.807, 2.05) is 0 Å². The molecule has 7 heteroatoms. The van der Waals surface area contributed by atoms with E-state index in [9.17, 15) is 19.5 Å². The number of carbonyl (C=O) groups is 3. The van der Waals surface area contributed by atoms with E-state index in [2.05, 4.69) is 43.5 Å². The molecule has 0 aliphatic carbocycles. The maximum absolute atomic E-state index is 12.6. The van der Waals surface area contributed by atoms with Crippen molar-refractivity contribution in [3.63, 3.8) is 0 Å². The molecule has 2 unspecified atom stereocenters. The lowest BCUT2D eigenvalue weighted by atomic mass is 10.0. The number of allylic oxidation sites excluding steroid dienone is 4. The predicted octanol–water partition coefficient (Wildman–Crippen LogP) is 10.5. The van der Waals surface area contributed by atoms with E-state index < -0.39 is 12.0 Å². The van der Waals surface area contributed by atoms with Crippen LogP contribution in [-0.2, 0) is 19.1 Å². The van der Waals surface area contributed by atoms with Crippen molar-refractivity contribution in [2.45, 2.75) is 206 Å². The molecule has 47 heavy (non-hydrogen) atoms. The van der Waals surface area contributed by atoms with Gasteiger partial charge in [0.2, 0.25) is 5.91 Å². The van der Waals surface area contributed by atoms with E-state index in [1.54, 1.807) is 0 Å². The molecular weight excluding hydrogens is 588 g/mol. The molecule has 0 saturated carbocycles. The third-order valence-electron chi connectivity index (χ3n) is 8.77. The van der Waals surface area contributed by atoms with E-state index >= 15 is 0 Å². The van der Waals surface area contributed by atoms with Gasteiger partial charge in [-0.05, 0) is 90.0 Å². The first-order chi connectivity index (χ1) is 22.9. The Kier molecular flexibility index (Phi) is 33.6. The number of carboxylic acids is 1. The van der Waals surface area contributed by atoms with Gasteiger partial charge in [0.25, 0.3) is 0 Å². The van der Waals surface area contributed by atoms with Crippen LogP contribution in [0.5, 0.6) is 0 Å². The number of nitrogens with one attached hydrogen (secondary N) is 1. The molecule has 1 amide bonds. The Morgan fingerprint density at radius 1 is 0.617 bits per heavy atom. The van der Waals surface area contributed by atoms with Crippen LogP contribution in [0.2, 0.25) is 0 Å². The smallest absolute Gasteiger partial charge is 0.326 e. The topological polar surface area (TPSA) is 119 Å². The fourth-order valence-electron chi connectivity index (χ4n) is 5.77. The van der Waals surface area contributed by atoms with Crippen molar-refractivity contribution in [3.8, 4) is 0 Å². The van der Waals surface area contributed by atoms with Gasteiger partial charge >= 0.3 is 11.9 Å². The number of esters is 1. The van der Waals surface area contributed by atoms with Gasteiger partial charge in [0.15, 0.2) is 0 Å². The lowest BCUT2D eigenvalue weighted by Crippen LogP contribution is -2.40. The molecule has 2 atom stereocenters. The lowest BCUT2D eigenvalue weighted by Gasteiger charge is -2.18. The normalized spacial score (nSPS) is 12.9. The molecule has 0 aromatic heterocycles. The van der Waals surface area contributed by atoms with Crippen molar-refractivity contribution in [3.05, 3.63) is 24.3 Å². The van der Waals surface area contributed by atoms with Crippen LogP contribution in [0.3, 0.4) is 0 Å². The van der Waals surface area contributed by atoms with Gasteiger partial charge in [0.1, 0.15) is 12.1 Å². The zero-order valence-corrected chi connectivity index (χ0v) is 30.6. The Morgan fingerprint density at radius 2 is 1.11 bits per heavy atom. The molecule has 0 aliphatic rings. The minimum Gasteiger partial charge on any atom is -0.480 e. The first-order valence-electron chi connectivity index (χ1n) is 19.7. The van der Waals surface area contributed by atoms with Gasteiger partial charge in [-0.1, -0.05) is 122 Å². The third-order valence-corrected chi connectivity index (χ3v) is 8.77. The summed E-state index contributed by atoms with van der Waals surface area (Å²) in [7, 11) is 0. The maximum Gasteiger partial charge on any atom is 0.326 e. The summed E-state index contributed by atoms with van der Waals surface area (Å²) < 4.78 is 5.95. The van der Waals surface area contributed by atoms with Gasteiger partial charge < -0.3 is 20.9 Å². The molecule has 0 saturated heterocycles. The molecule has 0 heterocycles. The minimum atomic E-state index is -1.01. The standard InChI is InChI=1S/C40H74N2O5/c1-3-5-7-9-10-11-12-13-14-15-16-17-18-19-20-22-28-34-39(44)47-36(30-25-21-8-6-4-2)31-26-23-24-27-33-38(43)42-37(40(45)46)32-29-35-41/h10-11,13-14,36-37H,3-9,12,15-35,41H2,1-2H3,(H,42,43)(H,45,46)/b11-10-,14-13-. The SMILES string of the molecule is CCCCC/C=C\C/C=C\CCCCCCCCCC(=O)OC(CCCCCCC)CCCCCCC(=O)NC(CCCN)C(=O)O. The number of carbonyl (C=O) groups excluding carboxylic acids is 2. The highest BCUT2D eigenvalue weighted by molar-refractivity contribution is 5.83. The highest BCUT2D eigenvalue weighted by Gasteiger charge is 2.19. The first kappa shape index (κ1) is 44.9. The minimum absolute atomic E-state index is 0.0119. The van der Waals surface area contributed by atoms with Crippen molar-refractivity contribution in [1.82, 2.24) is 5.32 Å². The molecule has 0 bridgehead atoms. The summed E-state index contributed by atoms with van der Waals surface area (Å²) in [6, 6.07) is -0.862. The summed E-state index contributed by atoms with van der Waals surface area (Å²) in [6.07, 6.45) is 38.0. The highest BCUT2D eigenvalue weighted by atomic mass is 16.5. The molecule has 0 aromatic rings. The van der Waals surface area contributed by atoms with Crippen molar-refractivity contribution >= 4 is 17.8 Å². The fraction of sp³-hybridized carbons (Fsp3) is 0.825. The molecule has 0 radical (unpaired) electrons. The van der Waals surface area contributed by atoms with E-state index in [0.717, 1.165) is 64.2 Å². The fourth-order valence-corrected chi connectivity index (χ4v) is 5.77. The van der Waals surface area contributed by atoms with Crippen LogP contribution in [0.25, 0.3) is 0 Å². The van der Waals surface area contributed by atoms with Crippen molar-refractivity contribution in [2.75, 3.05) is 6.54 Å². The van der Waals surface area contributed by atoms with E-state index in [0.29, 0.717) is 32.2 Å². The van der Waals surface area contributed by atoms with Gasteiger partial charge in [-0.25, -0.2) is 4.79 Å². The number of ether oxygens (including phenoxy) is 1. The summed E-state index contributed by atoms with van der Waals surface area (Å²) in [4.78, 5) is 36.1. The van der Waals surface area contributed by atoms with Crippen LogP contribution in [-0.4, -0.2) is 41.6 Å². The van der Waals surface area contributed by atoms with E-state index in [-0.39, 0.29) is 18.0 Å². The van der Waals surface area contributed by atoms with Crippen LogP contribution in [0.15, 0.2) is 24.3 Å². The van der Waals surface area contributed by atoms with Gasteiger partial charge in [-0.2, -0.15) is 0 Å². The number of nitrogens with two attached hydrogens (primary N) is 1. The Labute approximate surface area is 289 Å². The molecule has 7 nitrogen and oxygen atoms in total.